The van der Waals surface area contributed by atoms with E-state index < -0.39 is 5.60 Å². The fourth-order valence-corrected chi connectivity index (χ4v) is 10.2. The first-order chi connectivity index (χ1) is 27.8. The Balaban J connectivity index is 1.26. The Morgan fingerprint density at radius 1 is 0.586 bits per heavy atom. The number of fused-ring (bicyclic) bond motifs is 2. The van der Waals surface area contributed by atoms with Gasteiger partial charge >= 0.3 is 0 Å². The molecule has 0 radical (unpaired) electrons. The zero-order chi connectivity index (χ0) is 40.8. The van der Waals surface area contributed by atoms with E-state index in [1.807, 2.05) is 65.8 Å². The molecule has 2 saturated heterocycles. The number of imide groups is 2. The number of rotatable bonds is 13. The summed E-state index contributed by atoms with van der Waals surface area (Å²) in [6, 6.07) is 11.8. The first-order valence-electron chi connectivity index (χ1n) is 21.5. The minimum absolute atomic E-state index is 0.189. The lowest BCUT2D eigenvalue weighted by Gasteiger charge is -2.36. The first-order valence-corrected chi connectivity index (χ1v) is 21.5. The van der Waals surface area contributed by atoms with Crippen molar-refractivity contribution in [3.63, 3.8) is 0 Å². The van der Waals surface area contributed by atoms with Crippen LogP contribution in [-0.2, 0) is 9.47 Å². The van der Waals surface area contributed by atoms with Gasteiger partial charge in [0.05, 0.1) is 28.9 Å². The van der Waals surface area contributed by atoms with Crippen LogP contribution in [0.2, 0.25) is 0 Å². The van der Waals surface area contributed by atoms with Gasteiger partial charge in [-0.1, -0.05) is 26.0 Å². The molecule has 0 unspecified atom stereocenters. The van der Waals surface area contributed by atoms with Crippen LogP contribution >= 0.6 is 0 Å². The van der Waals surface area contributed by atoms with Gasteiger partial charge in [0, 0.05) is 101 Å². The number of ether oxygens (including phenoxy) is 2. The van der Waals surface area contributed by atoms with Gasteiger partial charge in [-0.05, 0) is 114 Å². The largest absolute Gasteiger partial charge is 0.379 e. The number of hydrogen-bond donors (Lipinski definition) is 0. The van der Waals surface area contributed by atoms with Crippen molar-refractivity contribution in [1.29, 1.82) is 0 Å². The molecule has 304 valence electrons. The smallest absolute Gasteiger partial charge is 0.261 e. The molecule has 2 fully saturated rings. The van der Waals surface area contributed by atoms with Gasteiger partial charge in [-0.15, -0.1) is 0 Å². The molecule has 5 aromatic carbocycles. The van der Waals surface area contributed by atoms with Gasteiger partial charge in [-0.2, -0.15) is 0 Å². The summed E-state index contributed by atoms with van der Waals surface area (Å²) in [6.07, 6.45) is 6.75. The summed E-state index contributed by atoms with van der Waals surface area (Å²) in [4.78, 5) is 66.1. The van der Waals surface area contributed by atoms with Crippen LogP contribution < -0.4 is 9.80 Å². The van der Waals surface area contributed by atoms with E-state index in [1.54, 1.807) is 7.11 Å². The number of benzene rings is 5. The van der Waals surface area contributed by atoms with Crippen molar-refractivity contribution in [3.05, 3.63) is 58.7 Å². The monoisotopic (exact) mass is 784 g/mol. The zero-order valence-corrected chi connectivity index (χ0v) is 35.2. The van der Waals surface area contributed by atoms with Crippen LogP contribution in [-0.4, -0.2) is 97.1 Å². The molecule has 0 aromatic heterocycles. The Morgan fingerprint density at radius 2 is 1.05 bits per heavy atom. The maximum Gasteiger partial charge on any atom is 0.261 e. The summed E-state index contributed by atoms with van der Waals surface area (Å²) >= 11 is 0. The summed E-state index contributed by atoms with van der Waals surface area (Å²) in [5, 5.41) is 7.09. The molecule has 0 aliphatic carbocycles. The predicted molar refractivity (Wildman–Crippen MR) is 231 cm³/mol. The van der Waals surface area contributed by atoms with Crippen LogP contribution in [0.3, 0.4) is 0 Å². The highest BCUT2D eigenvalue weighted by Gasteiger charge is 2.41. The Labute approximate surface area is 340 Å². The van der Waals surface area contributed by atoms with E-state index in [0.29, 0.717) is 58.9 Å². The number of anilines is 2. The van der Waals surface area contributed by atoms with Crippen molar-refractivity contribution in [2.75, 3.05) is 56.2 Å². The highest BCUT2D eigenvalue weighted by atomic mass is 16.5. The average Bonchev–Trinajstić information content (AvgIpc) is 3.96. The molecular formula is C48H56N4O6. The molecule has 0 bridgehead atoms. The number of carbonyl (C=O) groups excluding carboxylic acids is 4. The van der Waals surface area contributed by atoms with Crippen LogP contribution in [0.1, 0.15) is 134 Å². The minimum Gasteiger partial charge on any atom is -0.379 e. The topological polar surface area (TPSA) is 99.7 Å². The van der Waals surface area contributed by atoms with Crippen LogP contribution in [0.4, 0.5) is 11.4 Å². The second kappa shape index (κ2) is 14.2. The molecule has 0 atom stereocenters. The Morgan fingerprint density at radius 3 is 1.55 bits per heavy atom. The van der Waals surface area contributed by atoms with Crippen LogP contribution in [0.15, 0.2) is 36.4 Å². The first kappa shape index (κ1) is 38.7. The Hall–Kier alpha value is -4.80. The third kappa shape index (κ3) is 5.87. The molecule has 10 nitrogen and oxygen atoms in total. The number of hydrogen-bond acceptors (Lipinski definition) is 8. The van der Waals surface area contributed by atoms with E-state index in [-0.39, 0.29) is 41.8 Å². The van der Waals surface area contributed by atoms with Crippen LogP contribution in [0.25, 0.3) is 43.1 Å². The second-order valence-corrected chi connectivity index (χ2v) is 18.1. The molecule has 4 heterocycles. The fourth-order valence-electron chi connectivity index (χ4n) is 10.2. The van der Waals surface area contributed by atoms with E-state index in [4.69, 9.17) is 9.47 Å². The van der Waals surface area contributed by atoms with Gasteiger partial charge in [0.2, 0.25) is 0 Å². The summed E-state index contributed by atoms with van der Waals surface area (Å²) in [5.41, 5.74) is 3.26. The maximum atomic E-state index is 14.8. The normalized spacial score (nSPS) is 17.7. The van der Waals surface area contributed by atoms with E-state index in [1.165, 1.54) is 9.80 Å². The Kier molecular flexibility index (Phi) is 9.47. The lowest BCUT2D eigenvalue weighted by Crippen LogP contribution is -2.46. The molecule has 0 N–H and O–H groups in total. The lowest BCUT2D eigenvalue weighted by atomic mass is 9.80. The third-order valence-corrected chi connectivity index (χ3v) is 13.8. The standard InChI is InChI=1S/C48H56N4O6/c1-8-28(9-2)52-45(55)32-17-15-30-39-35(49-20-10-11-21-49)26-33-37-31(43(53)51(44(33)54)24-18-48(5,6)58-25-19-47(3,4)57-7)16-14-29(41(37)39)40-36(50-22-12-13-23-50)27-34(46(52)56)38(32)42(30)40/h14-17,26-28H,8-13,18-25H2,1-7H3. The van der Waals surface area contributed by atoms with Gasteiger partial charge in [-0.25, -0.2) is 0 Å². The molecule has 4 amide bonds. The predicted octanol–water partition coefficient (Wildman–Crippen LogP) is 9.32. The highest BCUT2D eigenvalue weighted by molar-refractivity contribution is 6.44. The third-order valence-electron chi connectivity index (χ3n) is 13.8. The highest BCUT2D eigenvalue weighted by Crippen LogP contribution is 2.52. The number of nitrogens with zero attached hydrogens (tertiary/aromatic N) is 4. The molecule has 58 heavy (non-hydrogen) atoms. The summed E-state index contributed by atoms with van der Waals surface area (Å²) in [7, 11) is 1.70. The Bertz CT molecular complexity index is 2520. The number of methoxy groups -OCH3 is 1. The van der Waals surface area contributed by atoms with Gasteiger partial charge in [0.25, 0.3) is 23.6 Å². The van der Waals surface area contributed by atoms with Gasteiger partial charge in [0.15, 0.2) is 0 Å². The van der Waals surface area contributed by atoms with Gasteiger partial charge in [-0.3, -0.25) is 29.0 Å². The van der Waals surface area contributed by atoms with E-state index in [9.17, 15) is 19.2 Å². The fraction of sp³-hybridized carbons (Fsp3) is 0.500. The molecule has 4 aliphatic rings. The van der Waals surface area contributed by atoms with Gasteiger partial charge < -0.3 is 19.3 Å². The van der Waals surface area contributed by atoms with Crippen molar-refractivity contribution < 1.29 is 28.7 Å². The molecule has 5 aromatic rings. The number of amides is 4. The van der Waals surface area contributed by atoms with Crippen molar-refractivity contribution in [1.82, 2.24) is 9.80 Å². The molecule has 0 saturated carbocycles. The number of carbonyl (C=O) groups is 4. The lowest BCUT2D eigenvalue weighted by molar-refractivity contribution is -0.0624. The van der Waals surface area contributed by atoms with E-state index >= 15 is 0 Å². The van der Waals surface area contributed by atoms with Crippen LogP contribution in [0, 0.1) is 0 Å². The maximum absolute atomic E-state index is 14.8. The van der Waals surface area contributed by atoms with E-state index in [2.05, 4.69) is 21.9 Å². The zero-order valence-electron chi connectivity index (χ0n) is 35.2. The molecule has 4 aliphatic heterocycles. The molecular weight excluding hydrogens is 729 g/mol. The van der Waals surface area contributed by atoms with Crippen molar-refractivity contribution in [2.24, 2.45) is 0 Å². The average molecular weight is 785 g/mol. The summed E-state index contributed by atoms with van der Waals surface area (Å²) in [6.45, 7) is 16.3. The summed E-state index contributed by atoms with van der Waals surface area (Å²) < 4.78 is 11.9. The summed E-state index contributed by atoms with van der Waals surface area (Å²) in [5.74, 6) is -1.05. The van der Waals surface area contributed by atoms with Crippen molar-refractivity contribution in [2.45, 2.75) is 110 Å². The van der Waals surface area contributed by atoms with E-state index in [0.717, 1.165) is 102 Å². The quantitative estimate of drug-likeness (QED) is 0.0662. The van der Waals surface area contributed by atoms with Gasteiger partial charge in [0.1, 0.15) is 0 Å². The minimum atomic E-state index is -0.572. The van der Waals surface area contributed by atoms with Crippen molar-refractivity contribution in [3.8, 4) is 0 Å². The molecule has 10 heteroatoms. The van der Waals surface area contributed by atoms with Crippen molar-refractivity contribution >= 4 is 78.1 Å². The van der Waals surface area contributed by atoms with Crippen LogP contribution in [0.5, 0.6) is 0 Å². The molecule has 9 rings (SSSR count). The SMILES string of the molecule is CCC(CC)N1C(=O)c2ccc3c4c(N5CCCC5)cc5c6c(ccc(c7c(N8CCCC8)cc(c2c37)C1=O)c64)C(=O)N(CCC(C)(C)OCCC(C)(C)OC)C5=O. The molecule has 0 spiro atoms. The second-order valence-electron chi connectivity index (χ2n) is 18.1.